The molecule has 0 aliphatic carbocycles. The normalized spacial score (nSPS) is 10.9. The van der Waals surface area contributed by atoms with Crippen LogP contribution in [0, 0.1) is 6.92 Å². The van der Waals surface area contributed by atoms with Crippen molar-refractivity contribution in [2.45, 2.75) is 19.8 Å². The second-order valence-electron chi connectivity index (χ2n) is 6.85. The molecule has 30 heavy (non-hydrogen) atoms. The molecule has 0 aliphatic rings. The second-order valence-corrected chi connectivity index (χ2v) is 6.85. The van der Waals surface area contributed by atoms with Gasteiger partial charge < -0.3 is 19.0 Å². The van der Waals surface area contributed by atoms with Crippen LogP contribution in [0.2, 0.25) is 0 Å². The van der Waals surface area contributed by atoms with E-state index in [4.69, 9.17) is 13.7 Å². The SMILES string of the molecule is COc1cc(CCC(=O)Nc2ccc3c(C)c(C(=O)c4ccccc4)oc3c2)on1. The molecule has 152 valence electrons. The van der Waals surface area contributed by atoms with Crippen molar-refractivity contribution in [1.29, 1.82) is 0 Å². The van der Waals surface area contributed by atoms with Gasteiger partial charge in [0.25, 0.3) is 5.88 Å². The maximum atomic E-state index is 12.8. The minimum atomic E-state index is -0.173. The number of ether oxygens (including phenoxy) is 1. The first kappa shape index (κ1) is 19.4. The molecule has 0 unspecified atom stereocenters. The summed E-state index contributed by atoms with van der Waals surface area (Å²) in [6, 6.07) is 16.0. The number of hydrogen-bond acceptors (Lipinski definition) is 6. The molecule has 0 saturated heterocycles. The number of anilines is 1. The number of carbonyl (C=O) groups is 2. The van der Waals surface area contributed by atoms with Gasteiger partial charge in [0.05, 0.1) is 7.11 Å². The number of hydrogen-bond donors (Lipinski definition) is 1. The molecule has 0 spiro atoms. The highest BCUT2D eigenvalue weighted by Crippen LogP contribution is 2.29. The summed E-state index contributed by atoms with van der Waals surface area (Å²) in [5.74, 6) is 0.915. The van der Waals surface area contributed by atoms with E-state index in [1.165, 1.54) is 7.11 Å². The molecular formula is C23H20N2O5. The molecule has 2 heterocycles. The first-order chi connectivity index (χ1) is 14.5. The number of aryl methyl sites for hydroxylation is 2. The van der Waals surface area contributed by atoms with Crippen LogP contribution in [0.3, 0.4) is 0 Å². The van der Waals surface area contributed by atoms with Crippen LogP contribution in [-0.2, 0) is 11.2 Å². The highest BCUT2D eigenvalue weighted by molar-refractivity contribution is 6.10. The number of ketones is 1. The Morgan fingerprint density at radius 3 is 2.63 bits per heavy atom. The van der Waals surface area contributed by atoms with Gasteiger partial charge in [-0.3, -0.25) is 9.59 Å². The van der Waals surface area contributed by atoms with Crippen LogP contribution < -0.4 is 10.1 Å². The predicted octanol–water partition coefficient (Wildman–Crippen LogP) is 4.54. The third kappa shape index (κ3) is 3.96. The minimum absolute atomic E-state index is 0.169. The van der Waals surface area contributed by atoms with Crippen LogP contribution >= 0.6 is 0 Å². The molecule has 0 bridgehead atoms. The Morgan fingerprint density at radius 1 is 1.10 bits per heavy atom. The summed E-state index contributed by atoms with van der Waals surface area (Å²) in [4.78, 5) is 25.0. The van der Waals surface area contributed by atoms with Crippen LogP contribution in [0.25, 0.3) is 11.0 Å². The third-order valence-corrected chi connectivity index (χ3v) is 4.81. The zero-order valence-corrected chi connectivity index (χ0v) is 16.6. The molecule has 7 heteroatoms. The molecular weight excluding hydrogens is 384 g/mol. The smallest absolute Gasteiger partial charge is 0.254 e. The summed E-state index contributed by atoms with van der Waals surface area (Å²) in [6.07, 6.45) is 0.630. The summed E-state index contributed by atoms with van der Waals surface area (Å²) in [5, 5.41) is 7.38. The summed E-state index contributed by atoms with van der Waals surface area (Å²) in [5.41, 5.74) is 2.48. The van der Waals surface area contributed by atoms with Gasteiger partial charge in [0.15, 0.2) is 5.76 Å². The van der Waals surface area contributed by atoms with Gasteiger partial charge >= 0.3 is 0 Å². The van der Waals surface area contributed by atoms with E-state index in [0.717, 1.165) is 10.9 Å². The van der Waals surface area contributed by atoms with Gasteiger partial charge in [-0.2, -0.15) is 0 Å². The molecule has 0 radical (unpaired) electrons. The molecule has 7 nitrogen and oxygen atoms in total. The number of benzene rings is 2. The van der Waals surface area contributed by atoms with Crippen LogP contribution in [0.4, 0.5) is 5.69 Å². The molecule has 1 N–H and O–H groups in total. The lowest BCUT2D eigenvalue weighted by molar-refractivity contribution is -0.116. The van der Waals surface area contributed by atoms with Gasteiger partial charge in [-0.05, 0) is 24.2 Å². The Kier molecular flexibility index (Phi) is 5.34. The number of fused-ring (bicyclic) bond motifs is 1. The standard InChI is InChI=1S/C23H20N2O5/c1-14-18-10-8-16(24-20(26)11-9-17-13-21(28-2)25-30-17)12-19(18)29-23(14)22(27)15-6-4-3-5-7-15/h3-8,10,12-13H,9,11H2,1-2H3,(H,24,26). The molecule has 0 fully saturated rings. The lowest BCUT2D eigenvalue weighted by Crippen LogP contribution is -2.12. The highest BCUT2D eigenvalue weighted by Gasteiger charge is 2.19. The Balaban J connectivity index is 1.48. The van der Waals surface area contributed by atoms with Crippen LogP contribution in [0.15, 0.2) is 63.5 Å². The maximum Gasteiger partial charge on any atom is 0.254 e. The monoisotopic (exact) mass is 404 g/mol. The van der Waals surface area contributed by atoms with Crippen molar-refractivity contribution < 1.29 is 23.3 Å². The summed E-state index contributed by atoms with van der Waals surface area (Å²) >= 11 is 0. The summed E-state index contributed by atoms with van der Waals surface area (Å²) < 4.78 is 15.9. The topological polar surface area (TPSA) is 94.6 Å². The first-order valence-corrected chi connectivity index (χ1v) is 9.47. The Bertz CT molecular complexity index is 1210. The molecule has 0 saturated carbocycles. The molecule has 0 aliphatic heterocycles. The van der Waals surface area contributed by atoms with Crippen LogP contribution in [0.5, 0.6) is 5.88 Å². The highest BCUT2D eigenvalue weighted by atomic mass is 16.5. The fraction of sp³-hybridized carbons (Fsp3) is 0.174. The number of nitrogens with zero attached hydrogens (tertiary/aromatic N) is 1. The predicted molar refractivity (Wildman–Crippen MR) is 111 cm³/mol. The fourth-order valence-corrected chi connectivity index (χ4v) is 3.21. The van der Waals surface area contributed by atoms with Crippen molar-refractivity contribution in [2.75, 3.05) is 12.4 Å². The summed E-state index contributed by atoms with van der Waals surface area (Å²) in [7, 11) is 1.50. The van der Waals surface area contributed by atoms with E-state index in [0.29, 0.717) is 40.7 Å². The number of carbonyl (C=O) groups excluding carboxylic acids is 2. The summed E-state index contributed by atoms with van der Waals surface area (Å²) in [6.45, 7) is 1.85. The molecule has 4 aromatic rings. The van der Waals surface area contributed by atoms with E-state index in [2.05, 4.69) is 10.5 Å². The average molecular weight is 404 g/mol. The van der Waals surface area contributed by atoms with E-state index < -0.39 is 0 Å². The molecule has 2 aromatic carbocycles. The number of nitrogens with one attached hydrogen (secondary N) is 1. The molecule has 0 atom stereocenters. The molecule has 1 amide bonds. The van der Waals surface area contributed by atoms with E-state index in [1.807, 2.05) is 31.2 Å². The second kappa shape index (κ2) is 8.24. The largest absolute Gasteiger partial charge is 0.479 e. The van der Waals surface area contributed by atoms with Crippen molar-refractivity contribution in [3.8, 4) is 5.88 Å². The van der Waals surface area contributed by atoms with Gasteiger partial charge in [-0.15, -0.1) is 0 Å². The molecule has 4 rings (SSSR count). The third-order valence-electron chi connectivity index (χ3n) is 4.81. The Hall–Kier alpha value is -3.87. The van der Waals surface area contributed by atoms with E-state index in [9.17, 15) is 9.59 Å². The Morgan fingerprint density at radius 2 is 1.90 bits per heavy atom. The van der Waals surface area contributed by atoms with Gasteiger partial charge in [0, 0.05) is 47.2 Å². The van der Waals surface area contributed by atoms with Crippen molar-refractivity contribution in [3.05, 3.63) is 77.2 Å². The van der Waals surface area contributed by atoms with E-state index in [1.54, 1.807) is 30.3 Å². The van der Waals surface area contributed by atoms with Gasteiger partial charge in [-0.1, -0.05) is 30.3 Å². The molecule has 2 aromatic heterocycles. The number of aromatic nitrogens is 1. The lowest BCUT2D eigenvalue weighted by atomic mass is 10.0. The van der Waals surface area contributed by atoms with Gasteiger partial charge in [0.1, 0.15) is 11.3 Å². The fourth-order valence-electron chi connectivity index (χ4n) is 3.21. The van der Waals surface area contributed by atoms with E-state index in [-0.39, 0.29) is 18.1 Å². The number of rotatable bonds is 7. The quantitative estimate of drug-likeness (QED) is 0.455. The van der Waals surface area contributed by atoms with Gasteiger partial charge in [0.2, 0.25) is 11.7 Å². The maximum absolute atomic E-state index is 12.8. The first-order valence-electron chi connectivity index (χ1n) is 9.47. The lowest BCUT2D eigenvalue weighted by Gasteiger charge is -2.04. The van der Waals surface area contributed by atoms with Crippen LogP contribution in [-0.4, -0.2) is 24.0 Å². The van der Waals surface area contributed by atoms with Crippen molar-refractivity contribution in [3.63, 3.8) is 0 Å². The van der Waals surface area contributed by atoms with Crippen LogP contribution in [0.1, 0.15) is 33.9 Å². The van der Waals surface area contributed by atoms with Crippen molar-refractivity contribution in [1.82, 2.24) is 5.16 Å². The number of methoxy groups -OCH3 is 1. The minimum Gasteiger partial charge on any atom is -0.479 e. The van der Waals surface area contributed by atoms with Crippen molar-refractivity contribution >= 4 is 28.3 Å². The van der Waals surface area contributed by atoms with Gasteiger partial charge in [-0.25, -0.2) is 0 Å². The zero-order valence-electron chi connectivity index (χ0n) is 16.6. The van der Waals surface area contributed by atoms with E-state index >= 15 is 0 Å². The average Bonchev–Trinajstić information content (AvgIpc) is 3.36. The Labute approximate surface area is 172 Å². The number of amides is 1. The number of furan rings is 1. The zero-order chi connectivity index (χ0) is 21.1. The van der Waals surface area contributed by atoms with Crippen molar-refractivity contribution in [2.24, 2.45) is 0 Å².